The molecule has 0 saturated carbocycles. The van der Waals surface area contributed by atoms with Crippen LogP contribution in [0.5, 0.6) is 0 Å². The van der Waals surface area contributed by atoms with Gasteiger partial charge in [0.05, 0.1) is 12.8 Å². The number of nitrogens with one attached hydrogen (secondary N) is 1. The molecular weight excluding hydrogens is 310 g/mol. The lowest BCUT2D eigenvalue weighted by atomic mass is 9.86. The summed E-state index contributed by atoms with van der Waals surface area (Å²) in [6.45, 7) is 7.25. The summed E-state index contributed by atoms with van der Waals surface area (Å²) >= 11 is 0. The molecule has 0 aromatic heterocycles. The van der Waals surface area contributed by atoms with Crippen LogP contribution in [0.4, 0.5) is 5.69 Å². The van der Waals surface area contributed by atoms with Crippen molar-refractivity contribution in [1.29, 1.82) is 0 Å². The number of fused-ring (bicyclic) bond motifs is 1. The minimum Gasteiger partial charge on any atom is -0.464 e. The van der Waals surface area contributed by atoms with Gasteiger partial charge >= 0.3 is 5.97 Å². The zero-order valence-electron chi connectivity index (χ0n) is 14.3. The van der Waals surface area contributed by atoms with Crippen LogP contribution in [0.15, 0.2) is 17.2 Å². The first-order chi connectivity index (χ1) is 11.2. The molecule has 2 heterocycles. The molecule has 1 saturated heterocycles. The van der Waals surface area contributed by atoms with E-state index in [1.54, 1.807) is 6.92 Å². The first kappa shape index (κ1) is 16.2. The third-order valence-electron chi connectivity index (χ3n) is 4.63. The van der Waals surface area contributed by atoms with Gasteiger partial charge in [0.2, 0.25) is 5.91 Å². The lowest BCUT2D eigenvalue weighted by Crippen LogP contribution is -2.48. The number of rotatable bonds is 2. The number of amides is 2. The monoisotopic (exact) mass is 329 g/mol. The Hall–Kier alpha value is -2.70. The molecule has 2 aliphatic heterocycles. The molecule has 0 spiro atoms. The molecule has 0 aliphatic carbocycles. The second kappa shape index (κ2) is 5.15. The highest BCUT2D eigenvalue weighted by Gasteiger charge is 2.64. The minimum absolute atomic E-state index is 0.0664. The normalized spacial score (nSPS) is 25.5. The van der Waals surface area contributed by atoms with Gasteiger partial charge in [0.1, 0.15) is 11.5 Å². The van der Waals surface area contributed by atoms with Gasteiger partial charge < -0.3 is 4.74 Å². The molecule has 2 amide bonds. The second-order valence-corrected chi connectivity index (χ2v) is 6.46. The largest absolute Gasteiger partial charge is 0.464 e. The summed E-state index contributed by atoms with van der Waals surface area (Å²) in [5.41, 5.74) is 4.60. The predicted molar refractivity (Wildman–Crippen MR) is 87.6 cm³/mol. The lowest BCUT2D eigenvalue weighted by molar-refractivity contribution is -0.133. The molecule has 126 valence electrons. The summed E-state index contributed by atoms with van der Waals surface area (Å²) < 4.78 is 4.68. The number of benzene rings is 1. The van der Waals surface area contributed by atoms with E-state index in [9.17, 15) is 14.4 Å². The molecule has 24 heavy (non-hydrogen) atoms. The van der Waals surface area contributed by atoms with Gasteiger partial charge in [-0.25, -0.2) is 9.69 Å². The van der Waals surface area contributed by atoms with Crippen molar-refractivity contribution in [2.75, 3.05) is 12.0 Å². The van der Waals surface area contributed by atoms with E-state index in [4.69, 9.17) is 0 Å². The average molecular weight is 329 g/mol. The first-order valence-electron chi connectivity index (χ1n) is 7.61. The van der Waals surface area contributed by atoms with Gasteiger partial charge in [-0.15, -0.1) is 0 Å². The topological polar surface area (TPSA) is 88.1 Å². The zero-order valence-corrected chi connectivity index (χ0v) is 14.3. The van der Waals surface area contributed by atoms with E-state index in [-0.39, 0.29) is 5.71 Å². The number of methoxy groups -OCH3 is 1. The number of ether oxygens (including phenoxy) is 1. The fraction of sp³-hybridized carbons (Fsp3) is 0.412. The van der Waals surface area contributed by atoms with E-state index >= 15 is 0 Å². The number of hydrogen-bond acceptors (Lipinski definition) is 6. The van der Waals surface area contributed by atoms with Crippen LogP contribution in [0.25, 0.3) is 0 Å². The van der Waals surface area contributed by atoms with Crippen molar-refractivity contribution in [2.24, 2.45) is 11.0 Å². The Bertz CT molecular complexity index is 791. The standard InChI is InChI=1S/C17H19N3O4/c1-8-6-9(2)13(10(3)7-8)20-14(21)11-12(15(22)24-5)18-19-17(11,4)16(20)23/h6-7,11,19H,1-5H3/t11-,17+/m1/s1. The second-order valence-electron chi connectivity index (χ2n) is 6.46. The van der Waals surface area contributed by atoms with Crippen molar-refractivity contribution >= 4 is 29.2 Å². The van der Waals surface area contributed by atoms with Crippen LogP contribution in [0.3, 0.4) is 0 Å². The Morgan fingerprint density at radius 3 is 2.38 bits per heavy atom. The van der Waals surface area contributed by atoms with Crippen LogP contribution in [0, 0.1) is 26.7 Å². The summed E-state index contributed by atoms with van der Waals surface area (Å²) in [5.74, 6) is -2.59. The smallest absolute Gasteiger partial charge is 0.355 e. The van der Waals surface area contributed by atoms with Crippen LogP contribution in [0.2, 0.25) is 0 Å². The third-order valence-corrected chi connectivity index (χ3v) is 4.63. The summed E-state index contributed by atoms with van der Waals surface area (Å²) in [6, 6.07) is 3.84. The number of esters is 1. The molecule has 7 heteroatoms. The van der Waals surface area contributed by atoms with Gasteiger partial charge in [0.15, 0.2) is 5.71 Å². The minimum atomic E-state index is -1.27. The first-order valence-corrected chi connectivity index (χ1v) is 7.61. The number of imide groups is 1. The molecule has 3 rings (SSSR count). The summed E-state index contributed by atoms with van der Waals surface area (Å²) in [4.78, 5) is 39.0. The number of carbonyl (C=O) groups excluding carboxylic acids is 3. The lowest BCUT2D eigenvalue weighted by Gasteiger charge is -2.23. The fourth-order valence-corrected chi connectivity index (χ4v) is 3.58. The van der Waals surface area contributed by atoms with Gasteiger partial charge in [-0.05, 0) is 38.8 Å². The van der Waals surface area contributed by atoms with E-state index in [0.29, 0.717) is 5.69 Å². The Labute approximate surface area is 139 Å². The average Bonchev–Trinajstić information content (AvgIpc) is 2.95. The fourth-order valence-electron chi connectivity index (χ4n) is 3.58. The third kappa shape index (κ3) is 1.97. The summed E-state index contributed by atoms with van der Waals surface area (Å²) in [5, 5.41) is 3.87. The predicted octanol–water partition coefficient (Wildman–Crippen LogP) is 0.992. The van der Waals surface area contributed by atoms with Crippen molar-refractivity contribution in [3.8, 4) is 0 Å². The van der Waals surface area contributed by atoms with Crippen LogP contribution in [0.1, 0.15) is 23.6 Å². The van der Waals surface area contributed by atoms with Crippen molar-refractivity contribution < 1.29 is 19.1 Å². The van der Waals surface area contributed by atoms with Crippen LogP contribution in [-0.2, 0) is 19.1 Å². The number of hydrogen-bond donors (Lipinski definition) is 1. The molecule has 0 radical (unpaired) electrons. The highest BCUT2D eigenvalue weighted by atomic mass is 16.5. The highest BCUT2D eigenvalue weighted by Crippen LogP contribution is 2.40. The van der Waals surface area contributed by atoms with E-state index < -0.39 is 29.2 Å². The zero-order chi connectivity index (χ0) is 17.8. The number of hydrazone groups is 1. The summed E-state index contributed by atoms with van der Waals surface area (Å²) in [6.07, 6.45) is 0. The van der Waals surface area contributed by atoms with E-state index in [2.05, 4.69) is 15.3 Å². The van der Waals surface area contributed by atoms with Crippen molar-refractivity contribution in [3.63, 3.8) is 0 Å². The molecule has 1 aromatic carbocycles. The van der Waals surface area contributed by atoms with E-state index in [1.807, 2.05) is 32.9 Å². The van der Waals surface area contributed by atoms with Crippen LogP contribution >= 0.6 is 0 Å². The Morgan fingerprint density at radius 1 is 1.25 bits per heavy atom. The van der Waals surface area contributed by atoms with Gasteiger partial charge in [-0.1, -0.05) is 17.7 Å². The maximum absolute atomic E-state index is 13.0. The Kier molecular flexibility index (Phi) is 3.47. The van der Waals surface area contributed by atoms with Crippen molar-refractivity contribution in [2.45, 2.75) is 33.2 Å². The summed E-state index contributed by atoms with van der Waals surface area (Å²) in [7, 11) is 1.22. The van der Waals surface area contributed by atoms with Crippen molar-refractivity contribution in [1.82, 2.24) is 5.43 Å². The molecule has 2 aliphatic rings. The van der Waals surface area contributed by atoms with Crippen molar-refractivity contribution in [3.05, 3.63) is 28.8 Å². The highest BCUT2D eigenvalue weighted by molar-refractivity contribution is 6.47. The maximum Gasteiger partial charge on any atom is 0.355 e. The number of anilines is 1. The van der Waals surface area contributed by atoms with Gasteiger partial charge in [0.25, 0.3) is 5.91 Å². The molecule has 1 fully saturated rings. The van der Waals surface area contributed by atoms with Gasteiger partial charge in [-0.3, -0.25) is 15.0 Å². The van der Waals surface area contributed by atoms with Crippen LogP contribution in [-0.4, -0.2) is 36.1 Å². The Morgan fingerprint density at radius 2 is 1.83 bits per heavy atom. The molecule has 7 nitrogen and oxygen atoms in total. The van der Waals surface area contributed by atoms with E-state index in [0.717, 1.165) is 16.7 Å². The van der Waals surface area contributed by atoms with Crippen LogP contribution < -0.4 is 10.3 Å². The van der Waals surface area contributed by atoms with Gasteiger partial charge in [0, 0.05) is 0 Å². The molecular formula is C17H19N3O4. The maximum atomic E-state index is 13.0. The van der Waals surface area contributed by atoms with E-state index in [1.165, 1.54) is 12.0 Å². The molecule has 1 aromatic rings. The molecule has 2 atom stereocenters. The Balaban J connectivity index is 2.12. The SMILES string of the molecule is COC(=O)C1=NN[C@]2(C)C(=O)N(c3c(C)cc(C)cc3C)C(=O)[C@@H]12. The van der Waals surface area contributed by atoms with Gasteiger partial charge in [-0.2, -0.15) is 5.10 Å². The molecule has 0 bridgehead atoms. The molecule has 1 N–H and O–H groups in total. The quantitative estimate of drug-likeness (QED) is 0.646. The number of carbonyl (C=O) groups is 3. The number of aryl methyl sites for hydroxylation is 3. The molecule has 0 unspecified atom stereocenters. The number of nitrogens with zero attached hydrogens (tertiary/aromatic N) is 2.